The minimum atomic E-state index is 0.189. The predicted octanol–water partition coefficient (Wildman–Crippen LogP) is 2.38. The standard InChI is InChI=1S/C15H24N2O/c1-15(2,3)14(17-10-8-16-9-11-17)12-4-6-13(18)7-5-12/h4-7,14,16,18H,8-11H2,1-3H3/t14-/m0/s1. The molecule has 0 radical (unpaired) electrons. The number of hydrogen-bond acceptors (Lipinski definition) is 3. The number of piperazine rings is 1. The maximum absolute atomic E-state index is 9.43. The van der Waals surface area contributed by atoms with Gasteiger partial charge in [-0.05, 0) is 23.1 Å². The summed E-state index contributed by atoms with van der Waals surface area (Å²) in [5.74, 6) is 0.340. The molecular weight excluding hydrogens is 224 g/mol. The van der Waals surface area contributed by atoms with Gasteiger partial charge in [-0.1, -0.05) is 32.9 Å². The number of nitrogens with zero attached hydrogens (tertiary/aromatic N) is 1. The van der Waals surface area contributed by atoms with Crippen molar-refractivity contribution in [2.24, 2.45) is 5.41 Å². The van der Waals surface area contributed by atoms with Crippen LogP contribution in [0.15, 0.2) is 24.3 Å². The van der Waals surface area contributed by atoms with Gasteiger partial charge in [0.15, 0.2) is 0 Å². The van der Waals surface area contributed by atoms with Gasteiger partial charge in [-0.2, -0.15) is 0 Å². The molecule has 0 saturated carbocycles. The minimum Gasteiger partial charge on any atom is -0.508 e. The molecule has 3 heteroatoms. The third kappa shape index (κ3) is 3.03. The van der Waals surface area contributed by atoms with Crippen LogP contribution in [0.25, 0.3) is 0 Å². The van der Waals surface area contributed by atoms with E-state index >= 15 is 0 Å². The maximum atomic E-state index is 9.43. The lowest BCUT2D eigenvalue weighted by molar-refractivity contribution is 0.0862. The van der Waals surface area contributed by atoms with Crippen LogP contribution < -0.4 is 5.32 Å². The van der Waals surface area contributed by atoms with Crippen LogP contribution in [0.1, 0.15) is 32.4 Å². The highest BCUT2D eigenvalue weighted by molar-refractivity contribution is 5.29. The Balaban J connectivity index is 2.27. The second-order valence-electron chi connectivity index (χ2n) is 6.15. The van der Waals surface area contributed by atoms with Gasteiger partial charge < -0.3 is 10.4 Å². The SMILES string of the molecule is CC(C)(C)[C@H](c1ccc(O)cc1)N1CCNCC1. The summed E-state index contributed by atoms with van der Waals surface area (Å²) in [4.78, 5) is 2.54. The first kappa shape index (κ1) is 13.4. The lowest BCUT2D eigenvalue weighted by atomic mass is 9.81. The zero-order valence-corrected chi connectivity index (χ0v) is 11.6. The summed E-state index contributed by atoms with van der Waals surface area (Å²) in [7, 11) is 0. The maximum Gasteiger partial charge on any atom is 0.115 e. The van der Waals surface area contributed by atoms with Crippen molar-refractivity contribution in [2.75, 3.05) is 26.2 Å². The molecule has 0 aliphatic carbocycles. The van der Waals surface area contributed by atoms with Crippen LogP contribution in [0.2, 0.25) is 0 Å². The van der Waals surface area contributed by atoms with E-state index < -0.39 is 0 Å². The molecule has 0 aromatic heterocycles. The van der Waals surface area contributed by atoms with E-state index in [-0.39, 0.29) is 5.41 Å². The normalized spacial score (nSPS) is 19.7. The highest BCUT2D eigenvalue weighted by Crippen LogP contribution is 2.38. The minimum absolute atomic E-state index is 0.189. The molecule has 0 amide bonds. The Morgan fingerprint density at radius 1 is 1.11 bits per heavy atom. The molecule has 1 aromatic rings. The summed E-state index contributed by atoms with van der Waals surface area (Å²) < 4.78 is 0. The molecule has 0 bridgehead atoms. The molecule has 1 saturated heterocycles. The first-order valence-electron chi connectivity index (χ1n) is 6.72. The Hall–Kier alpha value is -1.06. The Morgan fingerprint density at radius 2 is 1.67 bits per heavy atom. The van der Waals surface area contributed by atoms with Crippen LogP contribution in [-0.2, 0) is 0 Å². The van der Waals surface area contributed by atoms with E-state index in [1.165, 1.54) is 5.56 Å². The monoisotopic (exact) mass is 248 g/mol. The average Bonchev–Trinajstić information content (AvgIpc) is 2.32. The third-order valence-electron chi connectivity index (χ3n) is 3.55. The van der Waals surface area contributed by atoms with E-state index in [0.29, 0.717) is 11.8 Å². The summed E-state index contributed by atoms with van der Waals surface area (Å²) >= 11 is 0. The van der Waals surface area contributed by atoms with Crippen molar-refractivity contribution in [3.63, 3.8) is 0 Å². The Labute approximate surface area is 110 Å². The summed E-state index contributed by atoms with van der Waals surface area (Å²) in [6.45, 7) is 11.1. The topological polar surface area (TPSA) is 35.5 Å². The molecule has 18 heavy (non-hydrogen) atoms. The van der Waals surface area contributed by atoms with Gasteiger partial charge in [0, 0.05) is 32.2 Å². The van der Waals surface area contributed by atoms with E-state index in [9.17, 15) is 5.11 Å². The Bertz CT molecular complexity index is 374. The molecule has 1 heterocycles. The second kappa shape index (κ2) is 5.29. The van der Waals surface area contributed by atoms with E-state index in [4.69, 9.17) is 0 Å². The molecule has 3 nitrogen and oxygen atoms in total. The quantitative estimate of drug-likeness (QED) is 0.843. The van der Waals surface area contributed by atoms with Crippen LogP contribution in [0.4, 0.5) is 0 Å². The summed E-state index contributed by atoms with van der Waals surface area (Å²) in [5.41, 5.74) is 1.48. The zero-order valence-electron chi connectivity index (χ0n) is 11.6. The number of rotatable bonds is 2. The number of phenolic OH excluding ortho intramolecular Hbond substituents is 1. The van der Waals surface area contributed by atoms with Crippen LogP contribution in [-0.4, -0.2) is 36.2 Å². The van der Waals surface area contributed by atoms with Crippen molar-refractivity contribution >= 4 is 0 Å². The molecule has 1 aromatic carbocycles. The van der Waals surface area contributed by atoms with Crippen molar-refractivity contribution in [3.05, 3.63) is 29.8 Å². The number of benzene rings is 1. The zero-order chi connectivity index (χ0) is 13.2. The molecule has 1 aliphatic rings. The number of aromatic hydroxyl groups is 1. The third-order valence-corrected chi connectivity index (χ3v) is 3.55. The Morgan fingerprint density at radius 3 is 2.17 bits per heavy atom. The van der Waals surface area contributed by atoms with Crippen LogP contribution in [0.3, 0.4) is 0 Å². The highest BCUT2D eigenvalue weighted by Gasteiger charge is 2.32. The largest absolute Gasteiger partial charge is 0.508 e. The molecule has 0 unspecified atom stereocenters. The van der Waals surface area contributed by atoms with Gasteiger partial charge in [-0.3, -0.25) is 4.90 Å². The van der Waals surface area contributed by atoms with Crippen molar-refractivity contribution in [1.82, 2.24) is 10.2 Å². The van der Waals surface area contributed by atoms with Crippen molar-refractivity contribution in [3.8, 4) is 5.75 Å². The van der Waals surface area contributed by atoms with E-state index in [0.717, 1.165) is 26.2 Å². The summed E-state index contributed by atoms with van der Waals surface area (Å²) in [6.07, 6.45) is 0. The molecule has 2 N–H and O–H groups in total. The van der Waals surface area contributed by atoms with Gasteiger partial charge in [0.2, 0.25) is 0 Å². The van der Waals surface area contributed by atoms with Crippen molar-refractivity contribution in [1.29, 1.82) is 0 Å². The molecule has 100 valence electrons. The number of phenols is 1. The Kier molecular flexibility index (Phi) is 3.93. The number of hydrogen-bond donors (Lipinski definition) is 2. The molecule has 1 atom stereocenters. The van der Waals surface area contributed by atoms with Gasteiger partial charge >= 0.3 is 0 Å². The fraction of sp³-hybridized carbons (Fsp3) is 0.600. The lowest BCUT2D eigenvalue weighted by Crippen LogP contribution is -2.48. The van der Waals surface area contributed by atoms with Gasteiger partial charge in [0.05, 0.1) is 0 Å². The van der Waals surface area contributed by atoms with Gasteiger partial charge in [-0.15, -0.1) is 0 Å². The molecule has 2 rings (SSSR count). The summed E-state index contributed by atoms with van der Waals surface area (Å²) in [6, 6.07) is 8.08. The average molecular weight is 248 g/mol. The fourth-order valence-corrected chi connectivity index (χ4v) is 2.86. The van der Waals surface area contributed by atoms with Crippen LogP contribution in [0.5, 0.6) is 5.75 Å². The van der Waals surface area contributed by atoms with E-state index in [1.54, 1.807) is 12.1 Å². The molecular formula is C15H24N2O. The van der Waals surface area contributed by atoms with Crippen molar-refractivity contribution < 1.29 is 5.11 Å². The number of nitrogens with one attached hydrogen (secondary N) is 1. The smallest absolute Gasteiger partial charge is 0.115 e. The second-order valence-corrected chi connectivity index (χ2v) is 6.15. The van der Waals surface area contributed by atoms with Gasteiger partial charge in [0.1, 0.15) is 5.75 Å². The van der Waals surface area contributed by atoms with Crippen molar-refractivity contribution in [2.45, 2.75) is 26.8 Å². The lowest BCUT2D eigenvalue weighted by Gasteiger charge is -2.42. The predicted molar refractivity (Wildman–Crippen MR) is 74.7 cm³/mol. The molecule has 1 aliphatic heterocycles. The van der Waals surface area contributed by atoms with Crippen LogP contribution >= 0.6 is 0 Å². The van der Waals surface area contributed by atoms with E-state index in [1.807, 2.05) is 12.1 Å². The van der Waals surface area contributed by atoms with Gasteiger partial charge in [0.25, 0.3) is 0 Å². The first-order valence-corrected chi connectivity index (χ1v) is 6.72. The molecule has 0 spiro atoms. The van der Waals surface area contributed by atoms with E-state index in [2.05, 4.69) is 31.0 Å². The first-order chi connectivity index (χ1) is 8.48. The molecule has 1 fully saturated rings. The van der Waals surface area contributed by atoms with Crippen LogP contribution in [0, 0.1) is 5.41 Å². The highest BCUT2D eigenvalue weighted by atomic mass is 16.3. The van der Waals surface area contributed by atoms with Gasteiger partial charge in [-0.25, -0.2) is 0 Å². The fourth-order valence-electron chi connectivity index (χ4n) is 2.86. The summed E-state index contributed by atoms with van der Waals surface area (Å²) in [5, 5.41) is 12.8.